The summed E-state index contributed by atoms with van der Waals surface area (Å²) in [6.07, 6.45) is 1.19. The molecule has 1 radical (unpaired) electrons. The Hall–Kier alpha value is -1.08. The van der Waals surface area contributed by atoms with Gasteiger partial charge in [-0.05, 0) is 13.6 Å². The van der Waals surface area contributed by atoms with Gasteiger partial charge in [-0.2, -0.15) is 13.3 Å². The standard InChI is InChI=1S/C7H14NO.2CH3.Lr/c1-7-3-4-8(2)6-9-5-7;;;/h3-6H2,1-2H3;2*1H3;/q3*-1;. The molecule has 0 saturated carbocycles. The Balaban J connectivity index is -0.000000270. The van der Waals surface area contributed by atoms with Gasteiger partial charge in [0.25, 0.3) is 0 Å². The number of ether oxygens (including phenoxy) is 1. The molecule has 1 aliphatic rings. The van der Waals surface area contributed by atoms with Gasteiger partial charge in [-0.15, -0.1) is 0 Å². The van der Waals surface area contributed by atoms with Crippen LogP contribution >= 0.6 is 0 Å². The molecule has 0 aromatic heterocycles. The van der Waals surface area contributed by atoms with Crippen molar-refractivity contribution in [3.8, 4) is 0 Å². The minimum atomic E-state index is 0. The monoisotopic (exact) mass is 420 g/mol. The van der Waals surface area contributed by atoms with E-state index in [0.717, 1.165) is 19.9 Å². The summed E-state index contributed by atoms with van der Waals surface area (Å²) in [7, 11) is 2.08. The minimum Gasteiger partial charge on any atom is -0.398 e. The molecule has 0 unspecified atom stereocenters. The molecule has 0 bridgehead atoms. The summed E-state index contributed by atoms with van der Waals surface area (Å²) in [5.74, 6) is 1.46. The van der Waals surface area contributed by atoms with Crippen LogP contribution in [0.5, 0.6) is 0 Å². The Morgan fingerprint density at radius 3 is 2.50 bits per heavy atom. The molecule has 3 heteroatoms. The van der Waals surface area contributed by atoms with Crippen LogP contribution < -0.4 is 0 Å². The van der Waals surface area contributed by atoms with Crippen LogP contribution in [0.2, 0.25) is 0 Å². The molecular formula is C9H20LrNO-3. The third-order valence-electron chi connectivity index (χ3n) is 1.58. The van der Waals surface area contributed by atoms with E-state index in [0.29, 0.717) is 0 Å². The number of hydrogen-bond donors (Lipinski definition) is 0. The van der Waals surface area contributed by atoms with Gasteiger partial charge >= 0.3 is 0 Å². The van der Waals surface area contributed by atoms with E-state index in [4.69, 9.17) is 4.74 Å². The maximum atomic E-state index is 5.31. The average Bonchev–Trinajstić information content (AvgIpc) is 1.97. The van der Waals surface area contributed by atoms with E-state index in [1.54, 1.807) is 0 Å². The van der Waals surface area contributed by atoms with E-state index < -0.39 is 0 Å². The molecule has 1 rings (SSSR count). The first-order valence-corrected chi connectivity index (χ1v) is 3.36. The fourth-order valence-electron chi connectivity index (χ4n) is 0.894. The SMILES string of the molecule is C[C-]1CCN(C)COC1.[CH3-].[CH3-].[Lr]. The van der Waals surface area contributed by atoms with Crippen molar-refractivity contribution >= 4 is 0 Å². The van der Waals surface area contributed by atoms with Crippen molar-refractivity contribution in [3.05, 3.63) is 20.8 Å². The smallest absolute Gasteiger partial charge is 0.0951 e. The predicted molar refractivity (Wildman–Crippen MR) is 49.8 cm³/mol. The molecule has 1 fully saturated rings. The molecule has 12 heavy (non-hydrogen) atoms. The summed E-state index contributed by atoms with van der Waals surface area (Å²) >= 11 is 0. The molecule has 1 saturated heterocycles. The largest absolute Gasteiger partial charge is 0.398 e. The first-order chi connectivity index (χ1) is 4.29. The molecule has 0 N–H and O–H groups in total. The van der Waals surface area contributed by atoms with Gasteiger partial charge < -0.3 is 19.6 Å². The molecule has 0 amide bonds. The van der Waals surface area contributed by atoms with Gasteiger partial charge in [0.2, 0.25) is 0 Å². The molecule has 0 aromatic carbocycles. The zero-order valence-electron chi connectivity index (χ0n) is 8.44. The Labute approximate surface area is 71.5 Å². The molecule has 0 aliphatic carbocycles. The van der Waals surface area contributed by atoms with Crippen LogP contribution in [-0.2, 0) is 4.74 Å². The Bertz CT molecular complexity index is 80.6. The van der Waals surface area contributed by atoms with Gasteiger partial charge in [0.05, 0.1) is 6.73 Å². The molecule has 85 valence electrons. The first-order valence-electron chi connectivity index (χ1n) is 3.36. The van der Waals surface area contributed by atoms with Crippen LogP contribution in [0.1, 0.15) is 13.3 Å². The van der Waals surface area contributed by atoms with Gasteiger partial charge in [0.15, 0.2) is 0 Å². The molecule has 2 nitrogen and oxygen atoms in total. The molecule has 1 heterocycles. The Morgan fingerprint density at radius 2 is 1.92 bits per heavy atom. The summed E-state index contributed by atoms with van der Waals surface area (Å²) in [6, 6.07) is 0. The Kier molecular flexibility index (Phi) is 11.5. The molecule has 0 atom stereocenters. The van der Waals surface area contributed by atoms with Gasteiger partial charge in [0, 0.05) is 0 Å². The topological polar surface area (TPSA) is 12.5 Å². The van der Waals surface area contributed by atoms with Gasteiger partial charge in [-0.3, -0.25) is 10.8 Å². The number of rotatable bonds is 0. The second-order valence-corrected chi connectivity index (χ2v) is 2.76. The van der Waals surface area contributed by atoms with E-state index >= 15 is 0 Å². The van der Waals surface area contributed by atoms with E-state index in [-0.39, 0.29) is 14.9 Å². The minimum absolute atomic E-state index is 0. The number of hydrogen-bond acceptors (Lipinski definition) is 2. The van der Waals surface area contributed by atoms with Gasteiger partial charge in [-0.1, -0.05) is 6.61 Å². The van der Waals surface area contributed by atoms with Crippen LogP contribution in [0.15, 0.2) is 0 Å². The molecule has 1 aliphatic heterocycles. The maximum Gasteiger partial charge on any atom is 0.0951 e. The zero-order chi connectivity index (χ0) is 6.69. The third-order valence-corrected chi connectivity index (χ3v) is 1.58. The fourth-order valence-corrected chi connectivity index (χ4v) is 0.894. The maximum absolute atomic E-state index is 5.31. The van der Waals surface area contributed by atoms with Crippen molar-refractivity contribution in [2.45, 2.75) is 13.3 Å². The normalized spacial score (nSPS) is 19.5. The van der Waals surface area contributed by atoms with Crippen LogP contribution in [0.25, 0.3) is 0 Å². The Morgan fingerprint density at radius 1 is 1.33 bits per heavy atom. The molecule has 0 aromatic rings. The number of nitrogens with zero attached hydrogens (tertiary/aromatic N) is 1. The fraction of sp³-hybridized carbons (Fsp3) is 0.667. The van der Waals surface area contributed by atoms with E-state index in [9.17, 15) is 0 Å². The van der Waals surface area contributed by atoms with E-state index in [1.807, 2.05) is 0 Å². The van der Waals surface area contributed by atoms with Gasteiger partial charge in [-0.25, -0.2) is 0 Å². The second-order valence-electron chi connectivity index (χ2n) is 2.76. The zero-order valence-corrected chi connectivity index (χ0v) is 10.6. The average molecular weight is 420 g/mol. The molecular weight excluding hydrogens is 400 g/mol. The van der Waals surface area contributed by atoms with Crippen LogP contribution in [0.3, 0.4) is 0 Å². The van der Waals surface area contributed by atoms with Crippen molar-refractivity contribution in [3.63, 3.8) is 0 Å². The van der Waals surface area contributed by atoms with Crippen LogP contribution in [0, 0.1) is 20.8 Å². The molecule has 0 spiro atoms. The van der Waals surface area contributed by atoms with Crippen molar-refractivity contribution in [2.24, 2.45) is 0 Å². The summed E-state index contributed by atoms with van der Waals surface area (Å²) in [5.41, 5.74) is 0. The summed E-state index contributed by atoms with van der Waals surface area (Å²) in [5, 5.41) is 0. The van der Waals surface area contributed by atoms with Crippen molar-refractivity contribution in [2.75, 3.05) is 26.9 Å². The summed E-state index contributed by atoms with van der Waals surface area (Å²) < 4.78 is 5.31. The van der Waals surface area contributed by atoms with Crippen molar-refractivity contribution in [1.29, 1.82) is 0 Å². The predicted octanol–water partition coefficient (Wildman–Crippen LogP) is 1.79. The van der Waals surface area contributed by atoms with Crippen LogP contribution in [0.4, 0.5) is 0 Å². The van der Waals surface area contributed by atoms with Crippen LogP contribution in [-0.4, -0.2) is 31.8 Å². The van der Waals surface area contributed by atoms with E-state index in [2.05, 4.69) is 18.9 Å². The van der Waals surface area contributed by atoms with E-state index in [1.165, 1.54) is 12.3 Å². The van der Waals surface area contributed by atoms with Gasteiger partial charge in [0.1, 0.15) is 0 Å². The third kappa shape index (κ3) is 5.69. The first kappa shape index (κ1) is 17.1. The van der Waals surface area contributed by atoms with Crippen molar-refractivity contribution < 1.29 is 4.74 Å². The van der Waals surface area contributed by atoms with Crippen molar-refractivity contribution in [1.82, 2.24) is 4.90 Å². The summed E-state index contributed by atoms with van der Waals surface area (Å²) in [6.45, 7) is 4.94. The summed E-state index contributed by atoms with van der Waals surface area (Å²) in [4.78, 5) is 2.19. The quantitative estimate of drug-likeness (QED) is 0.555. The second kappa shape index (κ2) is 8.02.